The van der Waals surface area contributed by atoms with Crippen molar-refractivity contribution in [3.63, 3.8) is 0 Å². The highest BCUT2D eigenvalue weighted by Gasteiger charge is 2.13. The molecule has 2 aromatic heterocycles. The van der Waals surface area contributed by atoms with Gasteiger partial charge in [0.15, 0.2) is 0 Å². The number of thiazole rings is 1. The number of para-hydroxylation sites is 2. The van der Waals surface area contributed by atoms with Crippen LogP contribution in [0.3, 0.4) is 0 Å². The number of hydrogen-bond donors (Lipinski definition) is 1. The molecule has 2 heterocycles. The van der Waals surface area contributed by atoms with Gasteiger partial charge < -0.3 is 9.73 Å². The van der Waals surface area contributed by atoms with Crippen LogP contribution < -0.4 is 5.32 Å². The minimum absolute atomic E-state index is 0.0951. The van der Waals surface area contributed by atoms with Gasteiger partial charge in [-0.25, -0.2) is 4.98 Å². The maximum Gasteiger partial charge on any atom is 0.277 e. The van der Waals surface area contributed by atoms with Crippen LogP contribution in [0, 0.1) is 0 Å². The van der Waals surface area contributed by atoms with Crippen molar-refractivity contribution in [1.29, 1.82) is 0 Å². The predicted octanol–water partition coefficient (Wildman–Crippen LogP) is 5.32. The summed E-state index contributed by atoms with van der Waals surface area (Å²) in [6.07, 6.45) is 1.37. The van der Waals surface area contributed by atoms with Gasteiger partial charge in [0.1, 0.15) is 0 Å². The van der Waals surface area contributed by atoms with Crippen molar-refractivity contribution in [3.05, 3.63) is 65.0 Å². The van der Waals surface area contributed by atoms with Gasteiger partial charge in [-0.05, 0) is 29.7 Å². The lowest BCUT2D eigenvalue weighted by Crippen LogP contribution is -2.15. The molecule has 0 saturated heterocycles. The molecule has 154 valence electrons. The summed E-state index contributed by atoms with van der Waals surface area (Å²) >= 11 is 2.93. The van der Waals surface area contributed by atoms with E-state index in [1.54, 1.807) is 11.3 Å². The predicted molar refractivity (Wildman–Crippen MR) is 121 cm³/mol. The lowest BCUT2D eigenvalue weighted by Gasteiger charge is -2.13. The summed E-state index contributed by atoms with van der Waals surface area (Å²) < 4.78 is 6.86. The minimum Gasteiger partial charge on any atom is -0.416 e. The molecule has 0 unspecified atom stereocenters. The van der Waals surface area contributed by atoms with Gasteiger partial charge in [-0.3, -0.25) is 4.79 Å². The number of carbonyl (C=O) groups is 1. The maximum absolute atomic E-state index is 12.3. The number of anilines is 1. The van der Waals surface area contributed by atoms with Crippen molar-refractivity contribution in [2.45, 2.75) is 37.8 Å². The second-order valence-corrected chi connectivity index (χ2v) is 9.16. The second kappa shape index (κ2) is 9.40. The summed E-state index contributed by atoms with van der Waals surface area (Å²) in [5.74, 6) is 1.01. The summed E-state index contributed by atoms with van der Waals surface area (Å²) in [5.41, 5.74) is 2.98. The SMILES string of the molecule is CC(C)c1ccccc1NC(=O)CSc1nnc(CCc2nc3ccccc3s2)o1. The highest BCUT2D eigenvalue weighted by molar-refractivity contribution is 7.99. The Kier molecular flexibility index (Phi) is 6.44. The number of nitrogens with zero attached hydrogens (tertiary/aromatic N) is 3. The summed E-state index contributed by atoms with van der Waals surface area (Å²) in [6.45, 7) is 4.21. The molecule has 1 amide bonds. The molecule has 0 saturated carbocycles. The van der Waals surface area contributed by atoms with E-state index in [2.05, 4.69) is 40.4 Å². The van der Waals surface area contributed by atoms with E-state index in [0.717, 1.165) is 28.2 Å². The largest absolute Gasteiger partial charge is 0.416 e. The van der Waals surface area contributed by atoms with Gasteiger partial charge in [0, 0.05) is 18.5 Å². The van der Waals surface area contributed by atoms with E-state index in [-0.39, 0.29) is 11.7 Å². The molecule has 0 spiro atoms. The lowest BCUT2D eigenvalue weighted by molar-refractivity contribution is -0.113. The first-order valence-corrected chi connectivity index (χ1v) is 11.6. The highest BCUT2D eigenvalue weighted by atomic mass is 32.2. The van der Waals surface area contributed by atoms with E-state index < -0.39 is 0 Å². The second-order valence-electron chi connectivity index (χ2n) is 7.12. The molecule has 8 heteroatoms. The van der Waals surface area contributed by atoms with Gasteiger partial charge in [-0.15, -0.1) is 21.5 Å². The molecule has 0 bridgehead atoms. The average molecular weight is 439 g/mol. The maximum atomic E-state index is 12.3. The third kappa shape index (κ3) is 5.06. The van der Waals surface area contributed by atoms with Crippen LogP contribution in [0.5, 0.6) is 0 Å². The molecule has 6 nitrogen and oxygen atoms in total. The third-order valence-corrected chi connectivity index (χ3v) is 6.44. The van der Waals surface area contributed by atoms with Crippen molar-refractivity contribution in [2.24, 2.45) is 0 Å². The van der Waals surface area contributed by atoms with Crippen molar-refractivity contribution in [3.8, 4) is 0 Å². The van der Waals surface area contributed by atoms with E-state index in [4.69, 9.17) is 4.42 Å². The molecule has 2 aromatic carbocycles. The Balaban J connectivity index is 1.28. The minimum atomic E-state index is -0.0951. The van der Waals surface area contributed by atoms with Crippen molar-refractivity contribution < 1.29 is 9.21 Å². The summed E-state index contributed by atoms with van der Waals surface area (Å²) in [5, 5.41) is 12.6. The smallest absolute Gasteiger partial charge is 0.277 e. The van der Waals surface area contributed by atoms with Gasteiger partial charge in [-0.1, -0.05) is 55.9 Å². The van der Waals surface area contributed by atoms with Gasteiger partial charge in [0.05, 0.1) is 21.0 Å². The normalized spacial score (nSPS) is 11.3. The number of fused-ring (bicyclic) bond motifs is 1. The third-order valence-electron chi connectivity index (χ3n) is 4.52. The van der Waals surface area contributed by atoms with E-state index in [0.29, 0.717) is 23.5 Å². The van der Waals surface area contributed by atoms with Crippen LogP contribution in [0.4, 0.5) is 5.69 Å². The summed E-state index contributed by atoms with van der Waals surface area (Å²) in [6, 6.07) is 15.9. The molecular weight excluding hydrogens is 416 g/mol. The Morgan fingerprint density at radius 1 is 1.10 bits per heavy atom. The Morgan fingerprint density at radius 2 is 1.90 bits per heavy atom. The fourth-order valence-electron chi connectivity index (χ4n) is 3.07. The Hall–Kier alpha value is -2.71. The van der Waals surface area contributed by atoms with E-state index in [1.165, 1.54) is 16.5 Å². The number of amides is 1. The number of benzene rings is 2. The Bertz CT molecular complexity index is 1120. The average Bonchev–Trinajstić information content (AvgIpc) is 3.37. The summed E-state index contributed by atoms with van der Waals surface area (Å²) in [4.78, 5) is 17.0. The Labute approximate surface area is 183 Å². The number of carbonyl (C=O) groups excluding carboxylic acids is 1. The van der Waals surface area contributed by atoms with Crippen LogP contribution in [0.15, 0.2) is 58.2 Å². The molecule has 0 aliphatic rings. The molecule has 0 fully saturated rings. The Morgan fingerprint density at radius 3 is 2.73 bits per heavy atom. The topological polar surface area (TPSA) is 80.9 Å². The molecule has 4 rings (SSSR count). The van der Waals surface area contributed by atoms with Crippen LogP contribution in [0.1, 0.15) is 36.2 Å². The number of hydrogen-bond acceptors (Lipinski definition) is 7. The quantitative estimate of drug-likeness (QED) is 0.375. The lowest BCUT2D eigenvalue weighted by atomic mass is 10.0. The molecule has 0 radical (unpaired) electrons. The fourth-order valence-corrected chi connectivity index (χ4v) is 4.61. The fraction of sp³-hybridized carbons (Fsp3) is 0.273. The van der Waals surface area contributed by atoms with E-state index >= 15 is 0 Å². The summed E-state index contributed by atoms with van der Waals surface area (Å²) in [7, 11) is 0. The zero-order chi connectivity index (χ0) is 20.9. The first-order valence-electron chi connectivity index (χ1n) is 9.77. The van der Waals surface area contributed by atoms with Crippen molar-refractivity contribution in [2.75, 3.05) is 11.1 Å². The monoisotopic (exact) mass is 438 g/mol. The van der Waals surface area contributed by atoms with Crippen LogP contribution >= 0.6 is 23.1 Å². The molecule has 0 atom stereocenters. The molecule has 0 aliphatic carbocycles. The van der Waals surface area contributed by atoms with Crippen molar-refractivity contribution >= 4 is 44.9 Å². The molecule has 4 aromatic rings. The van der Waals surface area contributed by atoms with Crippen LogP contribution in [-0.4, -0.2) is 26.8 Å². The highest BCUT2D eigenvalue weighted by Crippen LogP contribution is 2.25. The zero-order valence-electron chi connectivity index (χ0n) is 16.8. The van der Waals surface area contributed by atoms with E-state index in [1.807, 2.05) is 42.5 Å². The number of nitrogens with one attached hydrogen (secondary N) is 1. The van der Waals surface area contributed by atoms with Gasteiger partial charge >= 0.3 is 0 Å². The standard InChI is InChI=1S/C22H22N4O2S2/c1-14(2)15-7-3-4-8-16(15)23-19(27)13-29-22-26-25-20(28-22)11-12-21-24-17-9-5-6-10-18(17)30-21/h3-10,14H,11-13H2,1-2H3,(H,23,27). The molecule has 0 aliphatic heterocycles. The van der Waals surface area contributed by atoms with Crippen LogP contribution in [-0.2, 0) is 17.6 Å². The number of aryl methyl sites for hydroxylation is 2. The molecule has 30 heavy (non-hydrogen) atoms. The van der Waals surface area contributed by atoms with Gasteiger partial charge in [0.2, 0.25) is 11.8 Å². The van der Waals surface area contributed by atoms with E-state index in [9.17, 15) is 4.79 Å². The van der Waals surface area contributed by atoms with Gasteiger partial charge in [-0.2, -0.15) is 0 Å². The van der Waals surface area contributed by atoms with Gasteiger partial charge in [0.25, 0.3) is 5.22 Å². The number of rotatable bonds is 8. The van der Waals surface area contributed by atoms with Crippen molar-refractivity contribution in [1.82, 2.24) is 15.2 Å². The first-order chi connectivity index (χ1) is 14.6. The molecular formula is C22H22N4O2S2. The first kappa shape index (κ1) is 20.6. The molecule has 1 N–H and O–H groups in total. The zero-order valence-corrected chi connectivity index (χ0v) is 18.4. The number of aromatic nitrogens is 3. The number of thioether (sulfide) groups is 1. The van der Waals surface area contributed by atoms with Crippen LogP contribution in [0.2, 0.25) is 0 Å². The van der Waals surface area contributed by atoms with Crippen LogP contribution in [0.25, 0.3) is 10.2 Å².